The van der Waals surface area contributed by atoms with Gasteiger partial charge in [-0.1, -0.05) is 23.9 Å². The fourth-order valence-corrected chi connectivity index (χ4v) is 2.93. The number of aromatic amines is 1. The number of hydrogen-bond donors (Lipinski definition) is 1. The van der Waals surface area contributed by atoms with E-state index in [1.54, 1.807) is 13.0 Å². The van der Waals surface area contributed by atoms with Gasteiger partial charge in [-0.05, 0) is 34.5 Å². The van der Waals surface area contributed by atoms with Crippen molar-refractivity contribution >= 4 is 27.7 Å². The zero-order chi connectivity index (χ0) is 13.1. The van der Waals surface area contributed by atoms with E-state index in [4.69, 9.17) is 0 Å². The van der Waals surface area contributed by atoms with Crippen LogP contribution in [0.1, 0.15) is 11.3 Å². The van der Waals surface area contributed by atoms with Gasteiger partial charge in [-0.2, -0.15) is 0 Å². The third-order valence-electron chi connectivity index (χ3n) is 2.24. The van der Waals surface area contributed by atoms with Crippen molar-refractivity contribution in [2.24, 2.45) is 0 Å². The van der Waals surface area contributed by atoms with E-state index in [0.29, 0.717) is 21.1 Å². The lowest BCUT2D eigenvalue weighted by atomic mass is 10.2. The standard InChI is InChI=1S/C12H10BrFN2OS/c1-7-5-10(17)16-12(15-7)18-6-8-3-2-4-9(14)11(8)13/h2-5H,6H2,1H3,(H,15,16,17). The molecule has 1 heterocycles. The topological polar surface area (TPSA) is 45.8 Å². The lowest BCUT2D eigenvalue weighted by Crippen LogP contribution is -2.08. The Kier molecular flexibility index (Phi) is 4.19. The minimum absolute atomic E-state index is 0.177. The Morgan fingerprint density at radius 3 is 3.00 bits per heavy atom. The van der Waals surface area contributed by atoms with Gasteiger partial charge in [0, 0.05) is 17.5 Å². The van der Waals surface area contributed by atoms with E-state index >= 15 is 0 Å². The van der Waals surface area contributed by atoms with Crippen LogP contribution in [-0.2, 0) is 5.75 Å². The highest BCUT2D eigenvalue weighted by Crippen LogP contribution is 2.26. The molecule has 0 amide bonds. The predicted molar refractivity (Wildman–Crippen MR) is 73.3 cm³/mol. The molecule has 0 bridgehead atoms. The van der Waals surface area contributed by atoms with Gasteiger partial charge in [-0.25, -0.2) is 9.37 Å². The molecule has 0 saturated carbocycles. The number of thioether (sulfide) groups is 1. The van der Waals surface area contributed by atoms with Crippen LogP contribution in [-0.4, -0.2) is 9.97 Å². The minimum Gasteiger partial charge on any atom is -0.301 e. The molecule has 0 atom stereocenters. The molecule has 0 aliphatic rings. The third kappa shape index (κ3) is 3.20. The maximum atomic E-state index is 13.3. The van der Waals surface area contributed by atoms with Crippen LogP contribution >= 0.6 is 27.7 Å². The van der Waals surface area contributed by atoms with Gasteiger partial charge >= 0.3 is 0 Å². The molecule has 2 aromatic rings. The van der Waals surface area contributed by atoms with E-state index in [1.165, 1.54) is 23.9 Å². The Morgan fingerprint density at radius 2 is 2.28 bits per heavy atom. The fraction of sp³-hybridized carbons (Fsp3) is 0.167. The number of halogens is 2. The minimum atomic E-state index is -0.293. The van der Waals surface area contributed by atoms with Crippen molar-refractivity contribution < 1.29 is 4.39 Å². The number of nitrogens with one attached hydrogen (secondary N) is 1. The summed E-state index contributed by atoms with van der Waals surface area (Å²) in [6.45, 7) is 1.76. The molecule has 0 saturated heterocycles. The zero-order valence-corrected chi connectivity index (χ0v) is 11.9. The monoisotopic (exact) mass is 328 g/mol. The second-order valence-corrected chi connectivity index (χ2v) is 5.45. The highest BCUT2D eigenvalue weighted by molar-refractivity contribution is 9.10. The molecule has 0 radical (unpaired) electrons. The van der Waals surface area contributed by atoms with E-state index < -0.39 is 0 Å². The van der Waals surface area contributed by atoms with Crippen LogP contribution in [0.2, 0.25) is 0 Å². The lowest BCUT2D eigenvalue weighted by molar-refractivity contribution is 0.619. The highest BCUT2D eigenvalue weighted by atomic mass is 79.9. The smallest absolute Gasteiger partial charge is 0.251 e. The van der Waals surface area contributed by atoms with Crippen molar-refractivity contribution in [3.05, 3.63) is 56.2 Å². The molecule has 0 spiro atoms. The summed E-state index contributed by atoms with van der Waals surface area (Å²) in [4.78, 5) is 18.1. The number of benzene rings is 1. The molecule has 1 aromatic heterocycles. The first-order valence-corrected chi connectivity index (χ1v) is 6.98. The summed E-state index contributed by atoms with van der Waals surface area (Å²) < 4.78 is 13.8. The normalized spacial score (nSPS) is 10.6. The Morgan fingerprint density at radius 1 is 1.50 bits per heavy atom. The number of rotatable bonds is 3. The van der Waals surface area contributed by atoms with Crippen LogP contribution in [0.5, 0.6) is 0 Å². The molecule has 2 rings (SSSR count). The first-order chi connectivity index (χ1) is 8.56. The predicted octanol–water partition coefficient (Wildman–Crippen LogP) is 3.27. The van der Waals surface area contributed by atoms with Crippen molar-refractivity contribution in [3.8, 4) is 0 Å². The Balaban J connectivity index is 2.16. The second kappa shape index (κ2) is 5.67. The van der Waals surface area contributed by atoms with E-state index in [2.05, 4.69) is 25.9 Å². The average Bonchev–Trinajstić information content (AvgIpc) is 2.30. The van der Waals surface area contributed by atoms with Crippen molar-refractivity contribution in [1.82, 2.24) is 9.97 Å². The first-order valence-electron chi connectivity index (χ1n) is 5.20. The largest absolute Gasteiger partial charge is 0.301 e. The summed E-state index contributed by atoms with van der Waals surface area (Å²) in [7, 11) is 0. The molecular weight excluding hydrogens is 319 g/mol. The molecule has 6 heteroatoms. The van der Waals surface area contributed by atoms with Crippen molar-refractivity contribution in [3.63, 3.8) is 0 Å². The van der Waals surface area contributed by atoms with Gasteiger partial charge in [0.15, 0.2) is 5.16 Å². The third-order valence-corrected chi connectivity index (χ3v) is 4.05. The maximum absolute atomic E-state index is 13.3. The molecule has 3 nitrogen and oxygen atoms in total. The fourth-order valence-electron chi connectivity index (χ4n) is 1.43. The molecule has 0 aliphatic heterocycles. The van der Waals surface area contributed by atoms with Crippen LogP contribution in [0.15, 0.2) is 38.7 Å². The van der Waals surface area contributed by atoms with Crippen molar-refractivity contribution in [2.45, 2.75) is 17.8 Å². The highest BCUT2D eigenvalue weighted by Gasteiger charge is 2.06. The Bertz CT molecular complexity index is 630. The SMILES string of the molecule is Cc1cc(=O)[nH]c(SCc2cccc(F)c2Br)n1. The van der Waals surface area contributed by atoms with Crippen LogP contribution < -0.4 is 5.56 Å². The van der Waals surface area contributed by atoms with Gasteiger partial charge in [0.25, 0.3) is 5.56 Å². The van der Waals surface area contributed by atoms with E-state index in [-0.39, 0.29) is 11.4 Å². The van der Waals surface area contributed by atoms with Crippen LogP contribution in [0.3, 0.4) is 0 Å². The van der Waals surface area contributed by atoms with Crippen molar-refractivity contribution in [1.29, 1.82) is 0 Å². The number of aromatic nitrogens is 2. The summed E-state index contributed by atoms with van der Waals surface area (Å²) in [5, 5.41) is 0.538. The summed E-state index contributed by atoms with van der Waals surface area (Å²) >= 11 is 4.56. The summed E-state index contributed by atoms with van der Waals surface area (Å²) in [6, 6.07) is 6.31. The molecular formula is C12H10BrFN2OS. The summed E-state index contributed by atoms with van der Waals surface area (Å²) in [5.74, 6) is 0.240. The van der Waals surface area contributed by atoms with Crippen LogP contribution in [0.4, 0.5) is 4.39 Å². The van der Waals surface area contributed by atoms with Crippen LogP contribution in [0, 0.1) is 12.7 Å². The molecule has 0 fully saturated rings. The molecule has 0 unspecified atom stereocenters. The van der Waals surface area contributed by atoms with Gasteiger partial charge in [-0.15, -0.1) is 0 Å². The van der Waals surface area contributed by atoms with E-state index in [0.717, 1.165) is 5.56 Å². The number of hydrogen-bond acceptors (Lipinski definition) is 3. The average molecular weight is 329 g/mol. The molecule has 0 aliphatic carbocycles. The Hall–Kier alpha value is -1.14. The number of nitrogens with zero attached hydrogens (tertiary/aromatic N) is 1. The van der Waals surface area contributed by atoms with E-state index in [9.17, 15) is 9.18 Å². The molecule has 18 heavy (non-hydrogen) atoms. The lowest BCUT2D eigenvalue weighted by Gasteiger charge is -2.05. The van der Waals surface area contributed by atoms with E-state index in [1.807, 2.05) is 6.07 Å². The van der Waals surface area contributed by atoms with Crippen LogP contribution in [0.25, 0.3) is 0 Å². The van der Waals surface area contributed by atoms with Gasteiger partial charge in [0.05, 0.1) is 4.47 Å². The molecule has 94 valence electrons. The van der Waals surface area contributed by atoms with Gasteiger partial charge in [0.1, 0.15) is 5.82 Å². The molecule has 1 N–H and O–H groups in total. The Labute approximate surface area is 116 Å². The summed E-state index contributed by atoms with van der Waals surface area (Å²) in [5.41, 5.74) is 1.31. The number of H-pyrrole nitrogens is 1. The van der Waals surface area contributed by atoms with Gasteiger partial charge in [-0.3, -0.25) is 4.79 Å². The van der Waals surface area contributed by atoms with Gasteiger partial charge < -0.3 is 4.98 Å². The molecule has 1 aromatic carbocycles. The first kappa shape index (κ1) is 13.3. The van der Waals surface area contributed by atoms with Crippen molar-refractivity contribution in [2.75, 3.05) is 0 Å². The quantitative estimate of drug-likeness (QED) is 0.694. The summed E-state index contributed by atoms with van der Waals surface area (Å²) in [6.07, 6.45) is 0. The van der Waals surface area contributed by atoms with Gasteiger partial charge in [0.2, 0.25) is 0 Å². The zero-order valence-electron chi connectivity index (χ0n) is 9.54. The number of aryl methyl sites for hydroxylation is 1. The maximum Gasteiger partial charge on any atom is 0.251 e. The second-order valence-electron chi connectivity index (χ2n) is 3.69.